The molecule has 0 aromatic heterocycles. The van der Waals surface area contributed by atoms with Gasteiger partial charge in [0.2, 0.25) is 16.1 Å². The number of nitrogens with zero attached hydrogens (tertiary/aromatic N) is 1. The number of sulfonamides is 1. The van der Waals surface area contributed by atoms with Gasteiger partial charge in [0.1, 0.15) is 0 Å². The Hall–Kier alpha value is -2.26. The average Bonchev–Trinajstić information content (AvgIpc) is 2.67. The van der Waals surface area contributed by atoms with Gasteiger partial charge in [-0.15, -0.1) is 0 Å². The lowest BCUT2D eigenvalue weighted by Crippen LogP contribution is -2.48. The minimum Gasteiger partial charge on any atom is -0.463 e. The fourth-order valence-corrected chi connectivity index (χ4v) is 5.05. The molecule has 1 aliphatic rings. The molecule has 1 aromatic carbocycles. The van der Waals surface area contributed by atoms with E-state index in [-0.39, 0.29) is 35.8 Å². The van der Waals surface area contributed by atoms with Crippen molar-refractivity contribution >= 4 is 16.0 Å². The zero-order valence-corrected chi connectivity index (χ0v) is 18.6. The van der Waals surface area contributed by atoms with E-state index in [1.54, 1.807) is 25.1 Å². The van der Waals surface area contributed by atoms with Gasteiger partial charge in [-0.2, -0.15) is 0 Å². The third kappa shape index (κ3) is 6.12. The Labute approximate surface area is 177 Å². The van der Waals surface area contributed by atoms with Crippen LogP contribution in [0.15, 0.2) is 40.8 Å². The number of ether oxygens (including phenoxy) is 1. The molecule has 0 spiro atoms. The van der Waals surface area contributed by atoms with Gasteiger partial charge in [-0.05, 0) is 44.7 Å². The molecule has 1 aromatic rings. The maximum Gasteiger partial charge on any atom is 0.333 e. The van der Waals surface area contributed by atoms with Crippen molar-refractivity contribution in [2.75, 3.05) is 6.61 Å². The zero-order valence-electron chi connectivity index (χ0n) is 17.8. The maximum absolute atomic E-state index is 12.9. The lowest BCUT2D eigenvalue weighted by molar-refractivity contribution is -0.533. The molecule has 0 aliphatic heterocycles. The van der Waals surface area contributed by atoms with Crippen LogP contribution in [0.25, 0.3) is 0 Å². The summed E-state index contributed by atoms with van der Waals surface area (Å²) in [6, 6.07) is 4.76. The maximum atomic E-state index is 12.9. The number of allylic oxidation sites excluding steroid dienone is 1. The van der Waals surface area contributed by atoms with E-state index in [9.17, 15) is 23.3 Å². The molecule has 0 saturated heterocycles. The van der Waals surface area contributed by atoms with Gasteiger partial charge in [-0.3, -0.25) is 10.1 Å². The highest BCUT2D eigenvalue weighted by Crippen LogP contribution is 2.32. The third-order valence-electron chi connectivity index (χ3n) is 5.25. The fourth-order valence-electron chi connectivity index (χ4n) is 3.75. The van der Waals surface area contributed by atoms with Crippen molar-refractivity contribution in [3.8, 4) is 0 Å². The van der Waals surface area contributed by atoms with Crippen LogP contribution in [0.4, 0.5) is 0 Å². The molecule has 166 valence electrons. The second kappa shape index (κ2) is 10.2. The highest BCUT2D eigenvalue weighted by Gasteiger charge is 2.42. The van der Waals surface area contributed by atoms with E-state index in [4.69, 9.17) is 4.74 Å². The first-order valence-corrected chi connectivity index (χ1v) is 11.6. The Kier molecular flexibility index (Phi) is 8.14. The fraction of sp³-hybridized carbons (Fsp3) is 0.571. The number of rotatable bonds is 9. The van der Waals surface area contributed by atoms with Crippen LogP contribution in [-0.4, -0.2) is 38.0 Å². The van der Waals surface area contributed by atoms with E-state index in [0.717, 1.165) is 5.56 Å². The van der Waals surface area contributed by atoms with Crippen molar-refractivity contribution in [2.24, 2.45) is 11.8 Å². The second-order valence-electron chi connectivity index (χ2n) is 8.08. The average molecular weight is 439 g/mol. The smallest absolute Gasteiger partial charge is 0.333 e. The first kappa shape index (κ1) is 24.0. The highest BCUT2D eigenvalue weighted by molar-refractivity contribution is 7.89. The number of esters is 1. The lowest BCUT2D eigenvalue weighted by Gasteiger charge is -2.33. The van der Waals surface area contributed by atoms with Gasteiger partial charge in [-0.1, -0.05) is 37.6 Å². The number of carbonyl (C=O) groups is 1. The topological polar surface area (TPSA) is 116 Å². The molecule has 3 atom stereocenters. The Balaban J connectivity index is 2.33. The first-order valence-electron chi connectivity index (χ1n) is 10.1. The molecule has 0 amide bonds. The van der Waals surface area contributed by atoms with Gasteiger partial charge in [0, 0.05) is 28.9 Å². The molecule has 8 nitrogen and oxygen atoms in total. The first-order chi connectivity index (χ1) is 14.0. The predicted octanol–water partition coefficient (Wildman–Crippen LogP) is 3.23. The van der Waals surface area contributed by atoms with Gasteiger partial charge in [-0.25, -0.2) is 17.9 Å². The number of aryl methyl sites for hydroxylation is 1. The van der Waals surface area contributed by atoms with Gasteiger partial charge < -0.3 is 4.74 Å². The second-order valence-corrected chi connectivity index (χ2v) is 9.79. The number of hydrogen-bond donors (Lipinski definition) is 1. The molecule has 3 unspecified atom stereocenters. The molecule has 0 radical (unpaired) electrons. The summed E-state index contributed by atoms with van der Waals surface area (Å²) in [5.74, 6) is -0.997. The zero-order chi connectivity index (χ0) is 22.5. The SMILES string of the molecule is CCOC(=O)C1=CCC(C(CC(C)C)NS(=O)(=O)c2ccc(C)cc2)C([N+](=O)[O-])C1. The largest absolute Gasteiger partial charge is 0.463 e. The summed E-state index contributed by atoms with van der Waals surface area (Å²) >= 11 is 0. The Morgan fingerprint density at radius 1 is 1.30 bits per heavy atom. The Bertz CT molecular complexity index is 893. The molecule has 0 fully saturated rings. The number of nitrogens with one attached hydrogen (secondary N) is 1. The summed E-state index contributed by atoms with van der Waals surface area (Å²) in [5, 5.41) is 11.8. The van der Waals surface area contributed by atoms with E-state index in [1.165, 1.54) is 12.1 Å². The summed E-state index contributed by atoms with van der Waals surface area (Å²) in [6.45, 7) is 7.61. The van der Waals surface area contributed by atoms with E-state index in [1.807, 2.05) is 20.8 Å². The molecule has 1 N–H and O–H groups in total. The van der Waals surface area contributed by atoms with E-state index < -0.39 is 38.9 Å². The van der Waals surface area contributed by atoms with Crippen molar-refractivity contribution < 1.29 is 22.9 Å². The number of carbonyl (C=O) groups excluding carboxylic acids is 1. The van der Waals surface area contributed by atoms with Crippen LogP contribution in [0.1, 0.15) is 45.6 Å². The summed E-state index contributed by atoms with van der Waals surface area (Å²) in [7, 11) is -3.84. The molecule has 1 aliphatic carbocycles. The van der Waals surface area contributed by atoms with Gasteiger partial charge in [0.15, 0.2) is 0 Å². The van der Waals surface area contributed by atoms with Crippen molar-refractivity contribution in [2.45, 2.75) is 63.9 Å². The Morgan fingerprint density at radius 3 is 2.47 bits per heavy atom. The molecule has 0 heterocycles. The third-order valence-corrected chi connectivity index (χ3v) is 6.75. The van der Waals surface area contributed by atoms with Crippen LogP contribution in [-0.2, 0) is 19.6 Å². The number of nitro groups is 1. The normalized spacial score (nSPS) is 20.5. The van der Waals surface area contributed by atoms with Crippen molar-refractivity contribution in [1.29, 1.82) is 0 Å². The lowest BCUT2D eigenvalue weighted by atomic mass is 9.78. The number of hydrogen-bond acceptors (Lipinski definition) is 6. The van der Waals surface area contributed by atoms with Gasteiger partial charge in [0.25, 0.3) is 0 Å². The van der Waals surface area contributed by atoms with E-state index in [0.29, 0.717) is 6.42 Å². The van der Waals surface area contributed by atoms with Crippen LogP contribution in [0, 0.1) is 28.9 Å². The van der Waals surface area contributed by atoms with E-state index >= 15 is 0 Å². The van der Waals surface area contributed by atoms with Gasteiger partial charge in [0.05, 0.1) is 11.5 Å². The van der Waals surface area contributed by atoms with Crippen LogP contribution < -0.4 is 4.72 Å². The van der Waals surface area contributed by atoms with E-state index in [2.05, 4.69) is 4.72 Å². The van der Waals surface area contributed by atoms with Crippen LogP contribution in [0.2, 0.25) is 0 Å². The monoisotopic (exact) mass is 438 g/mol. The quantitative estimate of drug-likeness (QED) is 0.359. The molecule has 9 heteroatoms. The van der Waals surface area contributed by atoms with Crippen LogP contribution in [0.5, 0.6) is 0 Å². The van der Waals surface area contributed by atoms with Crippen molar-refractivity contribution in [3.63, 3.8) is 0 Å². The van der Waals surface area contributed by atoms with Crippen molar-refractivity contribution in [3.05, 3.63) is 51.6 Å². The summed E-state index contributed by atoms with van der Waals surface area (Å²) in [4.78, 5) is 23.6. The van der Waals surface area contributed by atoms with Crippen LogP contribution >= 0.6 is 0 Å². The van der Waals surface area contributed by atoms with Crippen LogP contribution in [0.3, 0.4) is 0 Å². The Morgan fingerprint density at radius 2 is 1.93 bits per heavy atom. The summed E-state index contributed by atoms with van der Waals surface area (Å²) < 4.78 is 33.6. The standard InChI is InChI=1S/C21H30N2O6S/c1-5-29-21(24)16-8-11-18(20(13-16)23(25)26)19(12-14(2)3)22-30(27,28)17-9-6-15(4)7-10-17/h6-10,14,18-20,22H,5,11-13H2,1-4H3. The molecular weight excluding hydrogens is 408 g/mol. The molecule has 0 bridgehead atoms. The minimum absolute atomic E-state index is 0.0721. The van der Waals surface area contributed by atoms with Crippen molar-refractivity contribution in [1.82, 2.24) is 4.72 Å². The molecule has 30 heavy (non-hydrogen) atoms. The molecule has 0 saturated carbocycles. The summed E-state index contributed by atoms with van der Waals surface area (Å²) in [6.07, 6.45) is 2.25. The highest BCUT2D eigenvalue weighted by atomic mass is 32.2. The predicted molar refractivity (Wildman–Crippen MR) is 113 cm³/mol. The number of benzene rings is 1. The van der Waals surface area contributed by atoms with Gasteiger partial charge >= 0.3 is 5.97 Å². The molecular formula is C21H30N2O6S. The summed E-state index contributed by atoms with van der Waals surface area (Å²) in [5.41, 5.74) is 1.21. The molecule has 2 rings (SSSR count). The minimum atomic E-state index is -3.84.